The molecule has 3 rings (SSSR count). The van der Waals surface area contributed by atoms with Crippen molar-refractivity contribution in [2.24, 2.45) is 0 Å². The molecule has 1 saturated heterocycles. The molecule has 0 spiro atoms. The van der Waals surface area contributed by atoms with Gasteiger partial charge in [-0.15, -0.1) is 0 Å². The Morgan fingerprint density at radius 2 is 2.00 bits per heavy atom. The maximum absolute atomic E-state index is 12.4. The standard InChI is InChI=1S/C19H23N3O3S/c1-14-16(7-8-17(23)22-9-11-25-12-10-22)18(24)21-19(20-14)26-13-15-5-3-2-4-6-15/h2-6H,7-13H2,1H3,(H,20,21,24). The summed E-state index contributed by atoms with van der Waals surface area (Å²) in [6.07, 6.45) is 0.732. The van der Waals surface area contributed by atoms with Gasteiger partial charge >= 0.3 is 0 Å². The third-order valence-corrected chi connectivity index (χ3v) is 5.32. The monoisotopic (exact) mass is 373 g/mol. The fourth-order valence-corrected chi connectivity index (χ4v) is 3.74. The van der Waals surface area contributed by atoms with E-state index in [1.54, 1.807) is 4.90 Å². The van der Waals surface area contributed by atoms with Gasteiger partial charge in [-0.3, -0.25) is 9.59 Å². The molecule has 1 aliphatic heterocycles. The Morgan fingerprint density at radius 1 is 1.27 bits per heavy atom. The molecule has 1 aromatic heterocycles. The number of thioether (sulfide) groups is 1. The minimum Gasteiger partial charge on any atom is -0.378 e. The molecule has 138 valence electrons. The lowest BCUT2D eigenvalue weighted by molar-refractivity contribution is -0.135. The zero-order chi connectivity index (χ0) is 18.4. The average molecular weight is 373 g/mol. The summed E-state index contributed by atoms with van der Waals surface area (Å²) < 4.78 is 5.26. The fraction of sp³-hybridized carbons (Fsp3) is 0.421. The maximum atomic E-state index is 12.4. The first-order valence-corrected chi connectivity index (χ1v) is 9.74. The molecular formula is C19H23N3O3S. The lowest BCUT2D eigenvalue weighted by Gasteiger charge is -2.26. The predicted octanol–water partition coefficient (Wildman–Crippen LogP) is 2.16. The van der Waals surface area contributed by atoms with Gasteiger partial charge in [-0.1, -0.05) is 42.1 Å². The van der Waals surface area contributed by atoms with Crippen LogP contribution >= 0.6 is 11.8 Å². The molecule has 2 heterocycles. The van der Waals surface area contributed by atoms with Crippen LogP contribution in [0.2, 0.25) is 0 Å². The number of carbonyl (C=O) groups excluding carboxylic acids is 1. The minimum absolute atomic E-state index is 0.0645. The van der Waals surface area contributed by atoms with Crippen molar-refractivity contribution >= 4 is 17.7 Å². The molecule has 0 aliphatic carbocycles. The summed E-state index contributed by atoms with van der Waals surface area (Å²) in [6, 6.07) is 10.1. The van der Waals surface area contributed by atoms with Gasteiger partial charge in [0, 0.05) is 36.5 Å². The molecule has 0 bridgehead atoms. The van der Waals surface area contributed by atoms with Gasteiger partial charge in [-0.2, -0.15) is 0 Å². The van der Waals surface area contributed by atoms with Crippen molar-refractivity contribution in [1.29, 1.82) is 0 Å². The second kappa shape index (κ2) is 9.00. The lowest BCUT2D eigenvalue weighted by atomic mass is 10.1. The van der Waals surface area contributed by atoms with Crippen LogP contribution in [0.1, 0.15) is 23.2 Å². The molecule has 1 amide bonds. The Hall–Kier alpha value is -2.12. The van der Waals surface area contributed by atoms with Crippen molar-refractivity contribution < 1.29 is 9.53 Å². The average Bonchev–Trinajstić information content (AvgIpc) is 2.67. The number of nitrogens with zero attached hydrogens (tertiary/aromatic N) is 2. The van der Waals surface area contributed by atoms with Crippen LogP contribution in [0.4, 0.5) is 0 Å². The Labute approximate surface area is 157 Å². The van der Waals surface area contributed by atoms with Gasteiger partial charge in [-0.05, 0) is 18.9 Å². The Balaban J connectivity index is 1.60. The van der Waals surface area contributed by atoms with E-state index in [1.165, 1.54) is 17.3 Å². The van der Waals surface area contributed by atoms with Crippen LogP contribution in [0.3, 0.4) is 0 Å². The Kier molecular flexibility index (Phi) is 6.46. The molecule has 1 N–H and O–H groups in total. The van der Waals surface area contributed by atoms with E-state index in [9.17, 15) is 9.59 Å². The highest BCUT2D eigenvalue weighted by Crippen LogP contribution is 2.19. The summed E-state index contributed by atoms with van der Waals surface area (Å²) in [7, 11) is 0. The highest BCUT2D eigenvalue weighted by molar-refractivity contribution is 7.98. The van der Waals surface area contributed by atoms with E-state index < -0.39 is 0 Å². The molecule has 26 heavy (non-hydrogen) atoms. The van der Waals surface area contributed by atoms with Crippen LogP contribution in [0.15, 0.2) is 40.3 Å². The summed E-state index contributed by atoms with van der Waals surface area (Å²) in [5.41, 5.74) is 2.32. The van der Waals surface area contributed by atoms with E-state index in [4.69, 9.17) is 4.74 Å². The molecule has 0 radical (unpaired) electrons. The Morgan fingerprint density at radius 3 is 2.69 bits per heavy atom. The molecule has 2 aromatic rings. The number of rotatable bonds is 6. The molecule has 0 unspecified atom stereocenters. The smallest absolute Gasteiger partial charge is 0.254 e. The number of benzene rings is 1. The van der Waals surface area contributed by atoms with Crippen molar-refractivity contribution in [2.45, 2.75) is 30.7 Å². The van der Waals surface area contributed by atoms with Crippen molar-refractivity contribution in [2.75, 3.05) is 26.3 Å². The number of hydrogen-bond donors (Lipinski definition) is 1. The quantitative estimate of drug-likeness (QED) is 0.620. The van der Waals surface area contributed by atoms with Crippen LogP contribution in [0.25, 0.3) is 0 Å². The highest BCUT2D eigenvalue weighted by Gasteiger charge is 2.18. The largest absolute Gasteiger partial charge is 0.378 e. The second-order valence-electron chi connectivity index (χ2n) is 6.20. The van der Waals surface area contributed by atoms with Gasteiger partial charge in [0.05, 0.1) is 13.2 Å². The second-order valence-corrected chi connectivity index (χ2v) is 7.17. The normalized spacial score (nSPS) is 14.4. The van der Waals surface area contributed by atoms with Gasteiger partial charge in [0.1, 0.15) is 0 Å². The van der Waals surface area contributed by atoms with Crippen LogP contribution in [0, 0.1) is 6.92 Å². The van der Waals surface area contributed by atoms with E-state index in [1.807, 2.05) is 37.3 Å². The summed E-state index contributed by atoms with van der Waals surface area (Å²) in [4.78, 5) is 33.8. The summed E-state index contributed by atoms with van der Waals surface area (Å²) >= 11 is 1.50. The van der Waals surface area contributed by atoms with E-state index in [2.05, 4.69) is 9.97 Å². The highest BCUT2D eigenvalue weighted by atomic mass is 32.2. The van der Waals surface area contributed by atoms with Crippen LogP contribution in [-0.4, -0.2) is 47.1 Å². The maximum Gasteiger partial charge on any atom is 0.254 e. The minimum atomic E-state index is -0.150. The number of aryl methyl sites for hydroxylation is 1. The van der Waals surface area contributed by atoms with Crippen LogP contribution in [0.5, 0.6) is 0 Å². The molecule has 1 fully saturated rings. The number of nitrogens with one attached hydrogen (secondary N) is 1. The first-order chi connectivity index (χ1) is 12.6. The third-order valence-electron chi connectivity index (χ3n) is 4.37. The topological polar surface area (TPSA) is 75.3 Å². The number of H-pyrrole nitrogens is 1. The summed E-state index contributed by atoms with van der Waals surface area (Å²) in [5.74, 6) is 0.813. The molecule has 0 saturated carbocycles. The molecule has 6 nitrogen and oxygen atoms in total. The fourth-order valence-electron chi connectivity index (χ4n) is 2.88. The van der Waals surface area contributed by atoms with Crippen LogP contribution < -0.4 is 5.56 Å². The van der Waals surface area contributed by atoms with Gasteiger partial charge in [0.25, 0.3) is 5.56 Å². The van der Waals surface area contributed by atoms with Crippen molar-refractivity contribution in [3.8, 4) is 0 Å². The first-order valence-electron chi connectivity index (χ1n) is 8.75. The van der Waals surface area contributed by atoms with Crippen molar-refractivity contribution in [3.05, 3.63) is 57.5 Å². The van der Waals surface area contributed by atoms with Crippen molar-refractivity contribution in [1.82, 2.24) is 14.9 Å². The van der Waals surface area contributed by atoms with Crippen molar-refractivity contribution in [3.63, 3.8) is 0 Å². The number of aromatic nitrogens is 2. The van der Waals surface area contributed by atoms with Gasteiger partial charge < -0.3 is 14.6 Å². The predicted molar refractivity (Wildman–Crippen MR) is 101 cm³/mol. The SMILES string of the molecule is Cc1nc(SCc2ccccc2)[nH]c(=O)c1CCC(=O)N1CCOCC1. The van der Waals surface area contributed by atoms with Crippen LogP contribution in [-0.2, 0) is 21.7 Å². The van der Waals surface area contributed by atoms with E-state index in [0.29, 0.717) is 55.6 Å². The van der Waals surface area contributed by atoms with Gasteiger partial charge in [0.2, 0.25) is 5.91 Å². The molecule has 0 atom stereocenters. The van der Waals surface area contributed by atoms with E-state index >= 15 is 0 Å². The third kappa shape index (κ3) is 4.95. The zero-order valence-corrected chi connectivity index (χ0v) is 15.7. The lowest BCUT2D eigenvalue weighted by Crippen LogP contribution is -2.40. The molecule has 7 heteroatoms. The summed E-state index contributed by atoms with van der Waals surface area (Å²) in [6.45, 7) is 4.25. The number of aromatic amines is 1. The molecular weight excluding hydrogens is 350 g/mol. The number of ether oxygens (including phenoxy) is 1. The molecule has 1 aromatic carbocycles. The number of carbonyl (C=O) groups is 1. The van der Waals surface area contributed by atoms with Gasteiger partial charge in [-0.25, -0.2) is 4.98 Å². The molecule has 1 aliphatic rings. The Bertz CT molecular complexity index is 801. The van der Waals surface area contributed by atoms with E-state index in [0.717, 1.165) is 5.75 Å². The number of amides is 1. The van der Waals surface area contributed by atoms with Gasteiger partial charge in [0.15, 0.2) is 5.16 Å². The van der Waals surface area contributed by atoms with E-state index in [-0.39, 0.29) is 11.5 Å². The number of morpholine rings is 1. The zero-order valence-electron chi connectivity index (χ0n) is 14.9. The summed E-state index contributed by atoms with van der Waals surface area (Å²) in [5, 5.41) is 0.611. The number of hydrogen-bond acceptors (Lipinski definition) is 5. The first kappa shape index (κ1) is 18.7.